The van der Waals surface area contributed by atoms with E-state index in [1.54, 1.807) is 11.8 Å². The van der Waals surface area contributed by atoms with Crippen LogP contribution in [0, 0.1) is 0 Å². The molecule has 0 aromatic heterocycles. The molecular weight excluding hydrogens is 226 g/mol. The molecule has 1 saturated heterocycles. The molecule has 1 aliphatic rings. The van der Waals surface area contributed by atoms with Gasteiger partial charge in [0.25, 0.3) is 0 Å². The molecular formula is C11H13NO3S. The minimum Gasteiger partial charge on any atom is -0.439 e. The number of amides is 1. The number of cyclic esters (lactones) is 1. The summed E-state index contributed by atoms with van der Waals surface area (Å²) in [5.41, 5.74) is 0.898. The molecule has 1 aliphatic heterocycles. The largest absolute Gasteiger partial charge is 0.439 e. The summed E-state index contributed by atoms with van der Waals surface area (Å²) in [4.78, 5) is 12.2. The van der Waals surface area contributed by atoms with Crippen LogP contribution in [-0.2, 0) is 4.74 Å². The van der Waals surface area contributed by atoms with Crippen LogP contribution in [0.4, 0.5) is 4.79 Å². The van der Waals surface area contributed by atoms with Gasteiger partial charge in [-0.15, -0.1) is 11.8 Å². The van der Waals surface area contributed by atoms with E-state index in [1.165, 1.54) is 0 Å². The first-order chi connectivity index (χ1) is 7.74. The molecule has 5 heteroatoms. The van der Waals surface area contributed by atoms with Gasteiger partial charge < -0.3 is 15.2 Å². The maximum absolute atomic E-state index is 11.1. The van der Waals surface area contributed by atoms with E-state index < -0.39 is 12.2 Å². The van der Waals surface area contributed by atoms with Crippen molar-refractivity contribution in [2.24, 2.45) is 0 Å². The van der Waals surface area contributed by atoms with Crippen molar-refractivity contribution in [3.05, 3.63) is 29.8 Å². The van der Waals surface area contributed by atoms with Crippen LogP contribution in [0.25, 0.3) is 0 Å². The maximum Gasteiger partial charge on any atom is 0.408 e. The molecule has 16 heavy (non-hydrogen) atoms. The highest BCUT2D eigenvalue weighted by Gasteiger charge is 2.34. The van der Waals surface area contributed by atoms with E-state index in [4.69, 9.17) is 9.84 Å². The fourth-order valence-electron chi connectivity index (χ4n) is 1.69. The molecule has 0 bridgehead atoms. The molecule has 1 fully saturated rings. The van der Waals surface area contributed by atoms with Gasteiger partial charge in [-0.1, -0.05) is 12.1 Å². The number of rotatable bonds is 3. The summed E-state index contributed by atoms with van der Waals surface area (Å²) in [6, 6.07) is 7.42. The van der Waals surface area contributed by atoms with Gasteiger partial charge in [-0.05, 0) is 24.0 Å². The highest BCUT2D eigenvalue weighted by molar-refractivity contribution is 7.98. The number of hydrogen-bond donors (Lipinski definition) is 2. The average Bonchev–Trinajstić information content (AvgIpc) is 2.70. The number of aliphatic hydroxyl groups is 1. The number of carbonyl (C=O) groups excluding carboxylic acids is 1. The van der Waals surface area contributed by atoms with E-state index in [0.717, 1.165) is 10.5 Å². The van der Waals surface area contributed by atoms with Crippen molar-refractivity contribution in [3.63, 3.8) is 0 Å². The number of thioether (sulfide) groups is 1. The van der Waals surface area contributed by atoms with E-state index in [9.17, 15) is 4.79 Å². The van der Waals surface area contributed by atoms with Crippen LogP contribution < -0.4 is 5.32 Å². The van der Waals surface area contributed by atoms with E-state index in [-0.39, 0.29) is 12.6 Å². The number of alkyl carbamates (subject to hydrolysis) is 1. The zero-order chi connectivity index (χ0) is 11.5. The van der Waals surface area contributed by atoms with Gasteiger partial charge in [-0.3, -0.25) is 0 Å². The standard InChI is InChI=1S/C11H13NO3S/c1-16-8-4-2-7(3-5-8)10-9(6-13)12-11(14)15-10/h2-5,9-10,13H,6H2,1H3,(H,12,14)/t9-,10-/m1/s1. The fraction of sp³-hybridized carbons (Fsp3) is 0.364. The Kier molecular flexibility index (Phi) is 3.36. The van der Waals surface area contributed by atoms with Gasteiger partial charge in [0.05, 0.1) is 12.6 Å². The third-order valence-corrected chi connectivity index (χ3v) is 3.29. The first-order valence-electron chi connectivity index (χ1n) is 4.96. The second-order valence-electron chi connectivity index (χ2n) is 3.53. The minimum atomic E-state index is -0.474. The molecule has 2 atom stereocenters. The van der Waals surface area contributed by atoms with Gasteiger partial charge in [0.2, 0.25) is 0 Å². The van der Waals surface area contributed by atoms with E-state index in [2.05, 4.69) is 5.32 Å². The molecule has 2 N–H and O–H groups in total. The molecule has 4 nitrogen and oxygen atoms in total. The lowest BCUT2D eigenvalue weighted by Crippen LogP contribution is -2.31. The lowest BCUT2D eigenvalue weighted by Gasteiger charge is -2.14. The Bertz CT molecular complexity index is 379. The third-order valence-electron chi connectivity index (χ3n) is 2.54. The molecule has 0 saturated carbocycles. The van der Waals surface area contributed by atoms with Crippen LogP contribution in [-0.4, -0.2) is 30.1 Å². The Morgan fingerprint density at radius 1 is 1.44 bits per heavy atom. The number of hydrogen-bond acceptors (Lipinski definition) is 4. The molecule has 86 valence electrons. The molecule has 1 heterocycles. The summed E-state index contributed by atoms with van der Waals surface area (Å²) in [5, 5.41) is 11.7. The Morgan fingerprint density at radius 2 is 2.12 bits per heavy atom. The number of ether oxygens (including phenoxy) is 1. The Hall–Kier alpha value is -1.20. The Labute approximate surface area is 98.0 Å². The number of benzene rings is 1. The van der Waals surface area contributed by atoms with Crippen molar-refractivity contribution in [3.8, 4) is 0 Å². The Morgan fingerprint density at radius 3 is 2.69 bits per heavy atom. The predicted molar refractivity (Wildman–Crippen MR) is 61.5 cm³/mol. The molecule has 0 radical (unpaired) electrons. The smallest absolute Gasteiger partial charge is 0.408 e. The molecule has 1 aromatic carbocycles. The molecule has 0 unspecified atom stereocenters. The Balaban J connectivity index is 2.19. The minimum absolute atomic E-state index is 0.124. The summed E-state index contributed by atoms with van der Waals surface area (Å²) in [6.45, 7) is -0.124. The van der Waals surface area contributed by atoms with Gasteiger partial charge in [-0.25, -0.2) is 4.79 Å². The summed E-state index contributed by atoms with van der Waals surface area (Å²) in [7, 11) is 0. The summed E-state index contributed by atoms with van der Waals surface area (Å²) in [5.74, 6) is 0. The third kappa shape index (κ3) is 2.15. The van der Waals surface area contributed by atoms with E-state index >= 15 is 0 Å². The summed E-state index contributed by atoms with van der Waals surface area (Å²) < 4.78 is 5.11. The second-order valence-corrected chi connectivity index (χ2v) is 4.41. The average molecular weight is 239 g/mol. The summed E-state index contributed by atoms with van der Waals surface area (Å²) in [6.07, 6.45) is 1.13. The SMILES string of the molecule is CSc1ccc([C@H]2OC(=O)N[C@@H]2CO)cc1. The molecule has 0 spiro atoms. The maximum atomic E-state index is 11.1. The van der Waals surface area contributed by atoms with Gasteiger partial charge in [0.1, 0.15) is 0 Å². The normalized spacial score (nSPS) is 24.0. The summed E-state index contributed by atoms with van der Waals surface area (Å²) >= 11 is 1.65. The van der Waals surface area contributed by atoms with Crippen molar-refractivity contribution in [2.45, 2.75) is 17.0 Å². The van der Waals surface area contributed by atoms with Crippen LogP contribution >= 0.6 is 11.8 Å². The van der Waals surface area contributed by atoms with Crippen LogP contribution in [0.1, 0.15) is 11.7 Å². The highest BCUT2D eigenvalue weighted by Crippen LogP contribution is 2.27. The van der Waals surface area contributed by atoms with Crippen molar-refractivity contribution >= 4 is 17.9 Å². The fourth-order valence-corrected chi connectivity index (χ4v) is 2.10. The van der Waals surface area contributed by atoms with Gasteiger partial charge in [0.15, 0.2) is 6.10 Å². The first-order valence-corrected chi connectivity index (χ1v) is 6.19. The quantitative estimate of drug-likeness (QED) is 0.786. The van der Waals surface area contributed by atoms with Crippen molar-refractivity contribution in [1.82, 2.24) is 5.32 Å². The van der Waals surface area contributed by atoms with Gasteiger partial charge in [0, 0.05) is 4.90 Å². The molecule has 1 aromatic rings. The van der Waals surface area contributed by atoms with Crippen LogP contribution in [0.5, 0.6) is 0 Å². The van der Waals surface area contributed by atoms with Crippen molar-refractivity contribution in [2.75, 3.05) is 12.9 Å². The number of nitrogens with one attached hydrogen (secondary N) is 1. The molecule has 0 aliphatic carbocycles. The lowest BCUT2D eigenvalue weighted by atomic mass is 10.0. The highest BCUT2D eigenvalue weighted by atomic mass is 32.2. The van der Waals surface area contributed by atoms with Crippen LogP contribution in [0.3, 0.4) is 0 Å². The lowest BCUT2D eigenvalue weighted by molar-refractivity contribution is 0.119. The van der Waals surface area contributed by atoms with Crippen molar-refractivity contribution < 1.29 is 14.6 Å². The predicted octanol–water partition coefficient (Wildman–Crippen LogP) is 1.55. The van der Waals surface area contributed by atoms with Crippen molar-refractivity contribution in [1.29, 1.82) is 0 Å². The van der Waals surface area contributed by atoms with Gasteiger partial charge >= 0.3 is 6.09 Å². The van der Waals surface area contributed by atoms with Crippen LogP contribution in [0.15, 0.2) is 29.2 Å². The topological polar surface area (TPSA) is 58.6 Å². The van der Waals surface area contributed by atoms with Gasteiger partial charge in [-0.2, -0.15) is 0 Å². The van der Waals surface area contributed by atoms with Crippen LogP contribution in [0.2, 0.25) is 0 Å². The van der Waals surface area contributed by atoms with E-state index in [0.29, 0.717) is 0 Å². The zero-order valence-electron chi connectivity index (χ0n) is 8.84. The second kappa shape index (κ2) is 4.76. The monoisotopic (exact) mass is 239 g/mol. The zero-order valence-corrected chi connectivity index (χ0v) is 9.66. The molecule has 2 rings (SSSR count). The number of aliphatic hydroxyl groups excluding tert-OH is 1. The number of carbonyl (C=O) groups is 1. The molecule has 1 amide bonds. The first kappa shape index (κ1) is 11.3. The van der Waals surface area contributed by atoms with E-state index in [1.807, 2.05) is 30.5 Å².